The van der Waals surface area contributed by atoms with Gasteiger partial charge in [0.1, 0.15) is 7.05 Å². The van der Waals surface area contributed by atoms with Crippen LogP contribution in [0.15, 0.2) is 54.7 Å². The van der Waals surface area contributed by atoms with Crippen LogP contribution in [0.3, 0.4) is 0 Å². The van der Waals surface area contributed by atoms with E-state index in [1.54, 1.807) is 0 Å². The Bertz CT molecular complexity index is 1050. The van der Waals surface area contributed by atoms with Crippen molar-refractivity contribution in [1.29, 1.82) is 0 Å². The van der Waals surface area contributed by atoms with Gasteiger partial charge in [0, 0.05) is 24.5 Å². The lowest BCUT2D eigenvalue weighted by molar-refractivity contribution is -0.660. The topological polar surface area (TPSA) is 3.88 Å². The van der Waals surface area contributed by atoms with Gasteiger partial charge in [0.15, 0.2) is 6.20 Å². The monoisotopic (exact) mass is 343 g/mol. The first-order valence-electron chi connectivity index (χ1n) is 9.86. The van der Waals surface area contributed by atoms with Crippen LogP contribution in [0, 0.1) is 6.92 Å². The van der Waals surface area contributed by atoms with E-state index in [1.165, 1.54) is 39.1 Å². The van der Waals surface area contributed by atoms with Crippen molar-refractivity contribution in [2.24, 2.45) is 7.05 Å². The van der Waals surface area contributed by atoms with Gasteiger partial charge in [-0.1, -0.05) is 52.0 Å². The molecule has 0 unspecified atom stereocenters. The Morgan fingerprint density at radius 2 is 1.65 bits per heavy atom. The number of rotatable bonds is 2. The molecule has 0 fully saturated rings. The summed E-state index contributed by atoms with van der Waals surface area (Å²) >= 11 is 0. The summed E-state index contributed by atoms with van der Waals surface area (Å²) in [7, 11) is 2.10. The van der Waals surface area contributed by atoms with Gasteiger partial charge in [-0.05, 0) is 58.3 Å². The van der Waals surface area contributed by atoms with Gasteiger partial charge in [-0.2, -0.15) is 0 Å². The summed E-state index contributed by atoms with van der Waals surface area (Å²) in [4.78, 5) is 0. The second-order valence-corrected chi connectivity index (χ2v) is 8.29. The van der Waals surface area contributed by atoms with Crippen molar-refractivity contribution in [3.05, 3.63) is 77.0 Å². The molecule has 3 aromatic rings. The quantitative estimate of drug-likeness (QED) is 0.509. The minimum absolute atomic E-state index is 0.0163. The first-order valence-corrected chi connectivity index (χ1v) is 9.36. The molecule has 1 aliphatic carbocycles. The Hall–Kier alpha value is -2.41. The summed E-state index contributed by atoms with van der Waals surface area (Å²) in [6.07, 6.45) is 2.10. The fourth-order valence-corrected chi connectivity index (χ4v) is 4.30. The average Bonchev–Trinajstić information content (AvgIpc) is 2.81. The van der Waals surface area contributed by atoms with E-state index in [1.807, 2.05) is 13.8 Å². The van der Waals surface area contributed by atoms with Crippen molar-refractivity contribution in [3.8, 4) is 22.4 Å². The number of pyridine rings is 1. The summed E-state index contributed by atoms with van der Waals surface area (Å²) in [5, 5.41) is 0. The Morgan fingerprint density at radius 3 is 2.35 bits per heavy atom. The minimum atomic E-state index is -0.596. The molecule has 1 aliphatic rings. The molecule has 0 radical (unpaired) electrons. The normalized spacial score (nSPS) is 15.4. The molecule has 2 aromatic carbocycles. The van der Waals surface area contributed by atoms with Crippen LogP contribution in [0.25, 0.3) is 22.4 Å². The third kappa shape index (κ3) is 2.41. The SMILES string of the molecule is [2H]C(C)(C)c1ccc2c(c1)-c1cc(-c3cccc[n+]3C)c(C)cc1C2(C)C. The van der Waals surface area contributed by atoms with Crippen LogP contribution in [0.2, 0.25) is 0 Å². The maximum Gasteiger partial charge on any atom is 0.212 e. The van der Waals surface area contributed by atoms with Crippen molar-refractivity contribution in [3.63, 3.8) is 0 Å². The predicted octanol–water partition coefficient (Wildman–Crippen LogP) is 5.92. The lowest BCUT2D eigenvalue weighted by Crippen LogP contribution is -2.30. The number of aryl methyl sites for hydroxylation is 2. The highest BCUT2D eigenvalue weighted by atomic mass is 14.9. The molecule has 0 atom stereocenters. The van der Waals surface area contributed by atoms with Gasteiger partial charge < -0.3 is 0 Å². The highest BCUT2D eigenvalue weighted by Gasteiger charge is 2.36. The zero-order valence-corrected chi connectivity index (χ0v) is 16.6. The van der Waals surface area contributed by atoms with Crippen LogP contribution in [0.1, 0.15) is 57.2 Å². The molecule has 0 spiro atoms. The molecular formula is C25H28N+. The molecule has 4 rings (SSSR count). The van der Waals surface area contributed by atoms with Gasteiger partial charge in [0.2, 0.25) is 5.69 Å². The van der Waals surface area contributed by atoms with Gasteiger partial charge in [-0.3, -0.25) is 0 Å². The molecule has 1 aromatic heterocycles. The molecule has 0 saturated heterocycles. The van der Waals surface area contributed by atoms with E-state index in [0.717, 1.165) is 5.56 Å². The first kappa shape index (κ1) is 15.8. The third-order valence-corrected chi connectivity index (χ3v) is 5.93. The molecule has 0 saturated carbocycles. The highest BCUT2D eigenvalue weighted by molar-refractivity contribution is 5.85. The zero-order valence-electron chi connectivity index (χ0n) is 17.6. The molecule has 26 heavy (non-hydrogen) atoms. The van der Waals surface area contributed by atoms with Gasteiger partial charge in [0.25, 0.3) is 0 Å². The number of hydrogen-bond acceptors (Lipinski definition) is 0. The molecule has 1 heteroatoms. The van der Waals surface area contributed by atoms with Gasteiger partial charge in [0.05, 0.1) is 0 Å². The number of benzene rings is 2. The van der Waals surface area contributed by atoms with Crippen LogP contribution in [0.4, 0.5) is 0 Å². The van der Waals surface area contributed by atoms with E-state index in [9.17, 15) is 0 Å². The van der Waals surface area contributed by atoms with Crippen molar-refractivity contribution < 1.29 is 5.94 Å². The van der Waals surface area contributed by atoms with Crippen LogP contribution >= 0.6 is 0 Å². The summed E-state index contributed by atoms with van der Waals surface area (Å²) < 4.78 is 10.6. The maximum atomic E-state index is 8.45. The van der Waals surface area contributed by atoms with Crippen molar-refractivity contribution in [1.82, 2.24) is 0 Å². The minimum Gasteiger partial charge on any atom is -0.201 e. The van der Waals surface area contributed by atoms with Crippen LogP contribution < -0.4 is 4.57 Å². The first-order chi connectivity index (χ1) is 12.6. The van der Waals surface area contributed by atoms with Crippen molar-refractivity contribution in [2.45, 2.75) is 45.9 Å². The lowest BCUT2D eigenvalue weighted by atomic mass is 9.81. The molecule has 0 amide bonds. The third-order valence-electron chi connectivity index (χ3n) is 5.93. The van der Waals surface area contributed by atoms with Gasteiger partial charge in [-0.25, -0.2) is 4.57 Å². The van der Waals surface area contributed by atoms with E-state index >= 15 is 0 Å². The fraction of sp³-hybridized carbons (Fsp3) is 0.320. The maximum absolute atomic E-state index is 8.45. The largest absolute Gasteiger partial charge is 0.212 e. The molecule has 0 aliphatic heterocycles. The Morgan fingerprint density at radius 1 is 0.923 bits per heavy atom. The van der Waals surface area contributed by atoms with Crippen LogP contribution in [-0.4, -0.2) is 0 Å². The second kappa shape index (κ2) is 5.81. The number of aromatic nitrogens is 1. The van der Waals surface area contributed by atoms with E-state index in [0.29, 0.717) is 0 Å². The predicted molar refractivity (Wildman–Crippen MR) is 109 cm³/mol. The van der Waals surface area contributed by atoms with Crippen molar-refractivity contribution in [2.75, 3.05) is 0 Å². The Balaban J connectivity index is 2.00. The van der Waals surface area contributed by atoms with Crippen LogP contribution in [0.5, 0.6) is 0 Å². The molecule has 1 heterocycles. The molecule has 1 nitrogen and oxygen atoms in total. The Labute approximate surface area is 158 Å². The number of nitrogens with zero attached hydrogens (tertiary/aromatic N) is 1. The molecule has 132 valence electrons. The molecule has 0 bridgehead atoms. The van der Waals surface area contributed by atoms with Gasteiger partial charge >= 0.3 is 0 Å². The summed E-state index contributed by atoms with van der Waals surface area (Å²) in [5.74, 6) is -0.596. The smallest absolute Gasteiger partial charge is 0.201 e. The number of fused-ring (bicyclic) bond motifs is 3. The van der Waals surface area contributed by atoms with Crippen molar-refractivity contribution >= 4 is 0 Å². The zero-order chi connectivity index (χ0) is 19.6. The lowest BCUT2D eigenvalue weighted by Gasteiger charge is -2.22. The second-order valence-electron chi connectivity index (χ2n) is 8.29. The van der Waals surface area contributed by atoms with E-state index in [4.69, 9.17) is 1.37 Å². The molecular weight excluding hydrogens is 314 g/mol. The van der Waals surface area contributed by atoms with Crippen LogP contribution in [-0.2, 0) is 12.5 Å². The van der Waals surface area contributed by atoms with E-state index in [-0.39, 0.29) is 5.41 Å². The average molecular weight is 344 g/mol. The summed E-state index contributed by atoms with van der Waals surface area (Å²) in [5.41, 5.74) is 10.2. The highest BCUT2D eigenvalue weighted by Crippen LogP contribution is 2.50. The number of hydrogen-bond donors (Lipinski definition) is 0. The Kier molecular flexibility index (Phi) is 3.53. The van der Waals surface area contributed by atoms with Gasteiger partial charge in [-0.15, -0.1) is 0 Å². The standard InChI is InChI=1S/C25H28N/c1-16(2)18-10-11-22-20(14-18)21-15-19(24-9-7-8-12-26(24)6)17(3)13-23(21)25(22,4)5/h7-16H,1-6H3/q+1/i16D. The fourth-order valence-electron chi connectivity index (χ4n) is 4.30. The van der Waals surface area contributed by atoms with E-state index in [2.05, 4.69) is 87.1 Å². The molecule has 0 N–H and O–H groups in total. The van der Waals surface area contributed by atoms with E-state index < -0.39 is 5.89 Å². The summed E-state index contributed by atoms with van der Waals surface area (Å²) in [6.45, 7) is 10.7. The summed E-state index contributed by atoms with van der Waals surface area (Å²) in [6, 6.07) is 17.7.